The van der Waals surface area contributed by atoms with Crippen molar-refractivity contribution in [3.8, 4) is 0 Å². The molecule has 0 aliphatic rings. The molecule has 1 rings (SSSR count). The molecule has 2 amide bonds. The van der Waals surface area contributed by atoms with Gasteiger partial charge >= 0.3 is 12.2 Å². The highest BCUT2D eigenvalue weighted by molar-refractivity contribution is 5.91. The predicted octanol–water partition coefficient (Wildman–Crippen LogP) is 1.78. The van der Waals surface area contributed by atoms with E-state index in [1.165, 1.54) is 0 Å². The number of nitrogens with two attached hydrogens (primary N) is 2. The van der Waals surface area contributed by atoms with Gasteiger partial charge in [-0.1, -0.05) is 0 Å². The van der Waals surface area contributed by atoms with Gasteiger partial charge in [-0.05, 0) is 18.2 Å². The van der Waals surface area contributed by atoms with Gasteiger partial charge in [0.2, 0.25) is 0 Å². The van der Waals surface area contributed by atoms with E-state index in [1.807, 2.05) is 0 Å². The Morgan fingerprint density at radius 3 is 2.33 bits per heavy atom. The van der Waals surface area contributed by atoms with E-state index in [0.29, 0.717) is 0 Å². The van der Waals surface area contributed by atoms with Crippen LogP contribution < -0.4 is 16.8 Å². The van der Waals surface area contributed by atoms with Crippen molar-refractivity contribution >= 4 is 17.4 Å². The van der Waals surface area contributed by atoms with Crippen LogP contribution in [0.15, 0.2) is 18.2 Å². The number of hydrogen-bond acceptors (Lipinski definition) is 2. The van der Waals surface area contributed by atoms with Gasteiger partial charge in [0.25, 0.3) is 0 Å². The van der Waals surface area contributed by atoms with Crippen molar-refractivity contribution in [2.75, 3.05) is 11.1 Å². The van der Waals surface area contributed by atoms with E-state index in [-0.39, 0.29) is 11.4 Å². The molecule has 0 unspecified atom stereocenters. The number of rotatable bonds is 1. The molecule has 82 valence electrons. The summed E-state index contributed by atoms with van der Waals surface area (Å²) in [5.41, 5.74) is 9.07. The zero-order valence-electron chi connectivity index (χ0n) is 7.43. The quantitative estimate of drug-likeness (QED) is 0.629. The van der Waals surface area contributed by atoms with Gasteiger partial charge in [0.1, 0.15) is 0 Å². The lowest BCUT2D eigenvalue weighted by Gasteiger charge is -2.10. The Labute approximate surface area is 83.0 Å². The Kier molecular flexibility index (Phi) is 2.74. The molecule has 0 aliphatic carbocycles. The summed E-state index contributed by atoms with van der Waals surface area (Å²) in [5.74, 6) is 0. The number of alkyl halides is 3. The molecule has 5 N–H and O–H groups in total. The number of halogens is 3. The third-order valence-corrected chi connectivity index (χ3v) is 1.64. The number of nitrogen functional groups attached to an aromatic ring is 1. The number of urea groups is 1. The Morgan fingerprint density at radius 1 is 1.33 bits per heavy atom. The van der Waals surface area contributed by atoms with Crippen LogP contribution in [0.1, 0.15) is 5.56 Å². The number of carbonyl (C=O) groups is 1. The molecule has 0 atom stereocenters. The summed E-state index contributed by atoms with van der Waals surface area (Å²) in [6.45, 7) is 0. The van der Waals surface area contributed by atoms with Gasteiger partial charge in [0, 0.05) is 0 Å². The second kappa shape index (κ2) is 3.68. The molecule has 0 bridgehead atoms. The van der Waals surface area contributed by atoms with Crippen LogP contribution in [0.4, 0.5) is 29.3 Å². The fourth-order valence-corrected chi connectivity index (χ4v) is 0.986. The van der Waals surface area contributed by atoms with Crippen molar-refractivity contribution in [1.29, 1.82) is 0 Å². The number of benzene rings is 1. The van der Waals surface area contributed by atoms with Gasteiger partial charge in [0.15, 0.2) is 0 Å². The van der Waals surface area contributed by atoms with E-state index >= 15 is 0 Å². The first kappa shape index (κ1) is 11.2. The number of hydrogen-bond donors (Lipinski definition) is 3. The number of amides is 2. The van der Waals surface area contributed by atoms with Crippen LogP contribution in [0.2, 0.25) is 0 Å². The smallest absolute Gasteiger partial charge is 0.397 e. The number of carbonyl (C=O) groups excluding carboxylic acids is 1. The highest BCUT2D eigenvalue weighted by Gasteiger charge is 2.30. The third-order valence-electron chi connectivity index (χ3n) is 1.64. The molecule has 1 aromatic carbocycles. The van der Waals surface area contributed by atoms with Crippen molar-refractivity contribution in [3.63, 3.8) is 0 Å². The van der Waals surface area contributed by atoms with E-state index < -0.39 is 17.8 Å². The van der Waals surface area contributed by atoms with Crippen LogP contribution in [-0.4, -0.2) is 6.03 Å². The van der Waals surface area contributed by atoms with Gasteiger partial charge in [0.05, 0.1) is 16.9 Å². The minimum absolute atomic E-state index is 0.0514. The highest BCUT2D eigenvalue weighted by Crippen LogP contribution is 2.32. The van der Waals surface area contributed by atoms with Gasteiger partial charge in [-0.3, -0.25) is 0 Å². The molecule has 0 spiro atoms. The molecule has 0 aromatic heterocycles. The topological polar surface area (TPSA) is 81.1 Å². The summed E-state index contributed by atoms with van der Waals surface area (Å²) < 4.78 is 36.6. The minimum atomic E-state index is -4.46. The minimum Gasteiger partial charge on any atom is -0.397 e. The van der Waals surface area contributed by atoms with Crippen LogP contribution in [0, 0.1) is 0 Å². The van der Waals surface area contributed by atoms with Crippen LogP contribution in [0.25, 0.3) is 0 Å². The maximum atomic E-state index is 12.2. The average molecular weight is 219 g/mol. The van der Waals surface area contributed by atoms with Crippen molar-refractivity contribution in [2.24, 2.45) is 5.73 Å². The van der Waals surface area contributed by atoms with Crippen LogP contribution in [0.5, 0.6) is 0 Å². The molecular weight excluding hydrogens is 211 g/mol. The maximum absolute atomic E-state index is 12.2. The summed E-state index contributed by atoms with van der Waals surface area (Å²) in [7, 11) is 0. The van der Waals surface area contributed by atoms with Crippen molar-refractivity contribution < 1.29 is 18.0 Å². The summed E-state index contributed by atoms with van der Waals surface area (Å²) in [6, 6.07) is 1.69. The molecule has 4 nitrogen and oxygen atoms in total. The molecule has 1 aromatic rings. The van der Waals surface area contributed by atoms with E-state index in [0.717, 1.165) is 18.2 Å². The number of primary amides is 1. The number of nitrogens with one attached hydrogen (secondary N) is 1. The molecule has 0 heterocycles. The third kappa shape index (κ3) is 2.76. The van der Waals surface area contributed by atoms with Crippen LogP contribution >= 0.6 is 0 Å². The van der Waals surface area contributed by atoms with E-state index in [4.69, 9.17) is 11.5 Å². The van der Waals surface area contributed by atoms with Crippen molar-refractivity contribution in [1.82, 2.24) is 0 Å². The molecule has 15 heavy (non-hydrogen) atoms. The molecule has 0 fully saturated rings. The molecule has 0 aliphatic heterocycles. The lowest BCUT2D eigenvalue weighted by atomic mass is 10.1. The van der Waals surface area contributed by atoms with Crippen LogP contribution in [0.3, 0.4) is 0 Å². The summed E-state index contributed by atoms with van der Waals surface area (Å²) in [5, 5.41) is 2.10. The number of anilines is 2. The second-order valence-electron chi connectivity index (χ2n) is 2.79. The normalized spacial score (nSPS) is 11.1. The average Bonchev–Trinajstić information content (AvgIpc) is 2.05. The van der Waals surface area contributed by atoms with Gasteiger partial charge < -0.3 is 16.8 Å². The molecule has 7 heteroatoms. The Bertz CT molecular complexity index is 389. The lowest BCUT2D eigenvalue weighted by molar-refractivity contribution is -0.137. The standard InChI is InChI=1S/C8H8F3N3O/c9-8(10,11)4-1-2-6(5(12)3-4)14-7(13)15/h1-3H,12H2,(H3,13,14,15). The first-order valence-electron chi connectivity index (χ1n) is 3.84. The maximum Gasteiger partial charge on any atom is 0.416 e. The Hall–Kier alpha value is -1.92. The Morgan fingerprint density at radius 2 is 1.93 bits per heavy atom. The molecule has 0 saturated carbocycles. The van der Waals surface area contributed by atoms with E-state index in [1.54, 1.807) is 0 Å². The van der Waals surface area contributed by atoms with Crippen LogP contribution in [-0.2, 0) is 6.18 Å². The van der Waals surface area contributed by atoms with Crippen molar-refractivity contribution in [2.45, 2.75) is 6.18 Å². The first-order chi connectivity index (χ1) is 6.80. The Balaban J connectivity index is 3.03. The molecule has 0 saturated heterocycles. The van der Waals surface area contributed by atoms with Gasteiger partial charge in [-0.2, -0.15) is 13.2 Å². The van der Waals surface area contributed by atoms with Gasteiger partial charge in [-0.25, -0.2) is 4.79 Å². The summed E-state index contributed by atoms with van der Waals surface area (Å²) >= 11 is 0. The predicted molar refractivity (Wildman–Crippen MR) is 49.1 cm³/mol. The lowest BCUT2D eigenvalue weighted by Crippen LogP contribution is -2.20. The largest absolute Gasteiger partial charge is 0.416 e. The van der Waals surface area contributed by atoms with Crippen molar-refractivity contribution in [3.05, 3.63) is 23.8 Å². The molecular formula is C8H8F3N3O. The SMILES string of the molecule is NC(=O)Nc1ccc(C(F)(F)F)cc1N. The van der Waals surface area contributed by atoms with E-state index in [9.17, 15) is 18.0 Å². The fourth-order valence-electron chi connectivity index (χ4n) is 0.986. The second-order valence-corrected chi connectivity index (χ2v) is 2.79. The molecule has 0 radical (unpaired) electrons. The summed E-state index contributed by atoms with van der Waals surface area (Å²) in [4.78, 5) is 10.4. The van der Waals surface area contributed by atoms with Gasteiger partial charge in [-0.15, -0.1) is 0 Å². The monoisotopic (exact) mass is 219 g/mol. The van der Waals surface area contributed by atoms with E-state index in [2.05, 4.69) is 5.32 Å². The first-order valence-corrected chi connectivity index (χ1v) is 3.84. The zero-order valence-corrected chi connectivity index (χ0v) is 7.43. The summed E-state index contributed by atoms with van der Waals surface area (Å²) in [6.07, 6.45) is -4.46. The zero-order chi connectivity index (χ0) is 11.6. The highest BCUT2D eigenvalue weighted by atomic mass is 19.4. The fraction of sp³-hybridized carbons (Fsp3) is 0.125.